The van der Waals surface area contributed by atoms with Crippen LogP contribution in [-0.4, -0.2) is 22.0 Å². The van der Waals surface area contributed by atoms with Crippen molar-refractivity contribution in [3.8, 4) is 16.9 Å². The van der Waals surface area contributed by atoms with Crippen molar-refractivity contribution in [2.75, 3.05) is 6.26 Å². The van der Waals surface area contributed by atoms with Gasteiger partial charge in [-0.2, -0.15) is 5.10 Å². The molecule has 1 aromatic heterocycles. The van der Waals surface area contributed by atoms with Gasteiger partial charge < -0.3 is 4.74 Å². The summed E-state index contributed by atoms with van der Waals surface area (Å²) >= 11 is 1.67. The van der Waals surface area contributed by atoms with E-state index in [2.05, 4.69) is 5.10 Å². The van der Waals surface area contributed by atoms with Gasteiger partial charge in [0.2, 0.25) is 0 Å². The maximum Gasteiger partial charge on any atom is 0.303 e. The van der Waals surface area contributed by atoms with Crippen LogP contribution in [0.15, 0.2) is 59.5 Å². The van der Waals surface area contributed by atoms with Crippen LogP contribution in [0.4, 0.5) is 4.39 Å². The van der Waals surface area contributed by atoms with E-state index in [1.807, 2.05) is 36.6 Å². The minimum absolute atomic E-state index is 0.0967. The van der Waals surface area contributed by atoms with Crippen molar-refractivity contribution in [3.05, 3.63) is 66.1 Å². The van der Waals surface area contributed by atoms with E-state index in [0.29, 0.717) is 5.69 Å². The number of aromatic nitrogens is 2. The fourth-order valence-corrected chi connectivity index (χ4v) is 2.83. The second kappa shape index (κ2) is 7.53. The summed E-state index contributed by atoms with van der Waals surface area (Å²) in [5, 5.41) is 4.51. The summed E-state index contributed by atoms with van der Waals surface area (Å²) < 4.78 is 20.0. The first kappa shape index (κ1) is 17.2. The molecule has 6 heteroatoms. The molecule has 1 heterocycles. The van der Waals surface area contributed by atoms with Crippen LogP contribution < -0.4 is 0 Å². The number of carbonyl (C=O) groups excluding carboxylic acids is 1. The molecule has 3 aromatic rings. The van der Waals surface area contributed by atoms with Crippen LogP contribution in [0.1, 0.15) is 12.6 Å². The summed E-state index contributed by atoms with van der Waals surface area (Å²) in [4.78, 5) is 12.2. The number of hydrogen-bond donors (Lipinski definition) is 0. The molecule has 0 aliphatic carbocycles. The molecule has 0 bridgehead atoms. The van der Waals surface area contributed by atoms with E-state index in [4.69, 9.17) is 4.74 Å². The molecular weight excluding hydrogens is 339 g/mol. The monoisotopic (exact) mass is 356 g/mol. The third-order valence-electron chi connectivity index (χ3n) is 3.64. The number of halogens is 1. The normalized spacial score (nSPS) is 10.7. The summed E-state index contributed by atoms with van der Waals surface area (Å²) in [6, 6.07) is 16.1. The summed E-state index contributed by atoms with van der Waals surface area (Å²) in [5.41, 5.74) is 3.19. The topological polar surface area (TPSA) is 44.1 Å². The van der Waals surface area contributed by atoms with Gasteiger partial charge >= 0.3 is 5.97 Å². The smallest absolute Gasteiger partial charge is 0.303 e. The largest absolute Gasteiger partial charge is 0.459 e. The molecule has 0 unspecified atom stereocenters. The molecule has 3 rings (SSSR count). The van der Waals surface area contributed by atoms with E-state index in [9.17, 15) is 9.18 Å². The molecule has 0 aliphatic rings. The highest BCUT2D eigenvalue weighted by molar-refractivity contribution is 7.98. The molecule has 2 aromatic carbocycles. The third kappa shape index (κ3) is 4.09. The maximum absolute atomic E-state index is 13.2. The second-order valence-electron chi connectivity index (χ2n) is 5.42. The number of rotatable bonds is 5. The van der Waals surface area contributed by atoms with Crippen molar-refractivity contribution in [1.82, 2.24) is 9.78 Å². The SMILES string of the molecule is CSc1ccc(-c2cc(COC(C)=O)nn2-c2ccc(F)cc2)cc1. The summed E-state index contributed by atoms with van der Waals surface area (Å²) in [5.74, 6) is -0.663. The van der Waals surface area contributed by atoms with Gasteiger partial charge in [-0.3, -0.25) is 4.79 Å². The molecule has 0 fully saturated rings. The number of hydrogen-bond acceptors (Lipinski definition) is 4. The minimum atomic E-state index is -0.359. The van der Waals surface area contributed by atoms with Crippen LogP contribution in [0.3, 0.4) is 0 Å². The van der Waals surface area contributed by atoms with Crippen LogP contribution in [0.5, 0.6) is 0 Å². The molecule has 0 saturated heterocycles. The first-order chi connectivity index (χ1) is 12.1. The molecule has 4 nitrogen and oxygen atoms in total. The minimum Gasteiger partial charge on any atom is -0.459 e. The zero-order chi connectivity index (χ0) is 17.8. The van der Waals surface area contributed by atoms with Crippen molar-refractivity contribution in [3.63, 3.8) is 0 Å². The number of thioether (sulfide) groups is 1. The predicted octanol–water partition coefficient (Wildman–Crippen LogP) is 4.46. The quantitative estimate of drug-likeness (QED) is 0.500. The molecular formula is C19H17FN2O2S. The van der Waals surface area contributed by atoms with Gasteiger partial charge in [-0.1, -0.05) is 12.1 Å². The van der Waals surface area contributed by atoms with Crippen molar-refractivity contribution >= 4 is 17.7 Å². The van der Waals surface area contributed by atoms with Crippen LogP contribution in [0, 0.1) is 5.82 Å². The molecule has 0 amide bonds. The van der Waals surface area contributed by atoms with Crippen molar-refractivity contribution < 1.29 is 13.9 Å². The Labute approximate surface area is 149 Å². The van der Waals surface area contributed by atoms with Crippen molar-refractivity contribution in [2.24, 2.45) is 0 Å². The lowest BCUT2D eigenvalue weighted by molar-refractivity contribution is -0.142. The molecule has 0 atom stereocenters. The van der Waals surface area contributed by atoms with Gasteiger partial charge in [0.15, 0.2) is 0 Å². The molecule has 128 valence electrons. The Morgan fingerprint density at radius 1 is 1.16 bits per heavy atom. The molecule has 0 aliphatic heterocycles. The second-order valence-corrected chi connectivity index (χ2v) is 6.30. The zero-order valence-corrected chi connectivity index (χ0v) is 14.7. The molecule has 0 spiro atoms. The van der Waals surface area contributed by atoms with Gasteiger partial charge in [0.05, 0.1) is 11.4 Å². The van der Waals surface area contributed by atoms with Crippen molar-refractivity contribution in [2.45, 2.75) is 18.4 Å². The summed E-state index contributed by atoms with van der Waals surface area (Å²) in [7, 11) is 0. The predicted molar refractivity (Wildman–Crippen MR) is 96.2 cm³/mol. The van der Waals surface area contributed by atoms with E-state index in [1.54, 1.807) is 28.6 Å². The van der Waals surface area contributed by atoms with E-state index in [0.717, 1.165) is 21.8 Å². The Morgan fingerprint density at radius 2 is 1.84 bits per heavy atom. The highest BCUT2D eigenvalue weighted by Crippen LogP contribution is 2.26. The standard InChI is InChI=1S/C19H17FN2O2S/c1-13(23)24-12-16-11-19(14-3-9-18(25-2)10-4-14)22(21-16)17-7-5-15(20)6-8-17/h3-11H,12H2,1-2H3. The fourth-order valence-electron chi connectivity index (χ4n) is 2.42. The average Bonchev–Trinajstić information content (AvgIpc) is 3.05. The Morgan fingerprint density at radius 3 is 2.44 bits per heavy atom. The number of benzene rings is 2. The van der Waals surface area contributed by atoms with Crippen LogP contribution in [0.25, 0.3) is 16.9 Å². The van der Waals surface area contributed by atoms with Gasteiger partial charge in [0.1, 0.15) is 18.1 Å². The van der Waals surface area contributed by atoms with Gasteiger partial charge in [-0.15, -0.1) is 11.8 Å². The molecule has 0 radical (unpaired) electrons. The Bertz CT molecular complexity index is 873. The van der Waals surface area contributed by atoms with Gasteiger partial charge in [-0.25, -0.2) is 9.07 Å². The lowest BCUT2D eigenvalue weighted by atomic mass is 10.1. The third-order valence-corrected chi connectivity index (χ3v) is 4.38. The number of esters is 1. The van der Waals surface area contributed by atoms with Crippen LogP contribution >= 0.6 is 11.8 Å². The number of ether oxygens (including phenoxy) is 1. The van der Waals surface area contributed by atoms with Gasteiger partial charge in [0.25, 0.3) is 0 Å². The van der Waals surface area contributed by atoms with Gasteiger partial charge in [-0.05, 0) is 48.7 Å². The van der Waals surface area contributed by atoms with Crippen molar-refractivity contribution in [1.29, 1.82) is 0 Å². The first-order valence-corrected chi connectivity index (χ1v) is 8.92. The molecule has 0 saturated carbocycles. The van der Waals surface area contributed by atoms with E-state index < -0.39 is 0 Å². The Balaban J connectivity index is 2.03. The fraction of sp³-hybridized carbons (Fsp3) is 0.158. The summed E-state index contributed by atoms with van der Waals surface area (Å²) in [6.45, 7) is 1.46. The Kier molecular flexibility index (Phi) is 5.19. The molecule has 25 heavy (non-hydrogen) atoms. The lowest BCUT2D eigenvalue weighted by Crippen LogP contribution is -2.02. The van der Waals surface area contributed by atoms with Crippen LogP contribution in [0.2, 0.25) is 0 Å². The lowest BCUT2D eigenvalue weighted by Gasteiger charge is -2.08. The zero-order valence-electron chi connectivity index (χ0n) is 13.9. The highest BCUT2D eigenvalue weighted by Gasteiger charge is 2.13. The average molecular weight is 356 g/mol. The summed E-state index contributed by atoms with van der Waals surface area (Å²) in [6.07, 6.45) is 2.02. The first-order valence-electron chi connectivity index (χ1n) is 7.69. The Hall–Kier alpha value is -2.60. The van der Waals surface area contributed by atoms with Crippen LogP contribution in [-0.2, 0) is 16.1 Å². The van der Waals surface area contributed by atoms with E-state index >= 15 is 0 Å². The van der Waals surface area contributed by atoms with E-state index in [1.165, 1.54) is 19.1 Å². The highest BCUT2D eigenvalue weighted by atomic mass is 32.2. The number of nitrogens with zero attached hydrogens (tertiary/aromatic N) is 2. The van der Waals surface area contributed by atoms with E-state index in [-0.39, 0.29) is 18.4 Å². The number of carbonyl (C=O) groups is 1. The maximum atomic E-state index is 13.2. The van der Waals surface area contributed by atoms with Gasteiger partial charge in [0, 0.05) is 17.4 Å². The molecule has 0 N–H and O–H groups in total.